The second kappa shape index (κ2) is 5.09. The van der Waals surface area contributed by atoms with E-state index in [1.54, 1.807) is 24.5 Å². The van der Waals surface area contributed by atoms with Gasteiger partial charge in [-0.3, -0.25) is 9.78 Å². The minimum atomic E-state index is 0.238. The summed E-state index contributed by atoms with van der Waals surface area (Å²) in [6, 6.07) is 11.4. The van der Waals surface area contributed by atoms with E-state index in [1.807, 2.05) is 31.2 Å². The van der Waals surface area contributed by atoms with E-state index < -0.39 is 0 Å². The maximum absolute atomic E-state index is 11.2. The van der Waals surface area contributed by atoms with Crippen molar-refractivity contribution in [3.8, 4) is 22.7 Å². The maximum Gasteiger partial charge on any atom is 0.227 e. The third-order valence-corrected chi connectivity index (χ3v) is 2.98. The topological polar surface area (TPSA) is 56.0 Å². The van der Waals surface area contributed by atoms with Crippen molar-refractivity contribution < 1.29 is 9.21 Å². The first-order valence-electron chi connectivity index (χ1n) is 6.21. The molecule has 20 heavy (non-hydrogen) atoms. The Bertz CT molecular complexity index is 748. The molecule has 0 radical (unpaired) electrons. The van der Waals surface area contributed by atoms with E-state index in [0.717, 1.165) is 16.7 Å². The van der Waals surface area contributed by atoms with Crippen LogP contribution in [0.15, 0.2) is 53.2 Å². The molecule has 2 heterocycles. The van der Waals surface area contributed by atoms with Gasteiger partial charge < -0.3 is 4.42 Å². The highest BCUT2D eigenvalue weighted by atomic mass is 16.4. The Morgan fingerprint density at radius 3 is 2.60 bits per heavy atom. The van der Waals surface area contributed by atoms with Crippen LogP contribution in [0.3, 0.4) is 0 Å². The molecular formula is C16H12N2O2. The van der Waals surface area contributed by atoms with Crippen molar-refractivity contribution in [2.24, 2.45) is 0 Å². The molecule has 0 spiro atoms. The van der Waals surface area contributed by atoms with Crippen LogP contribution in [0.1, 0.15) is 16.1 Å². The Morgan fingerprint density at radius 2 is 1.90 bits per heavy atom. The van der Waals surface area contributed by atoms with Crippen molar-refractivity contribution in [3.05, 3.63) is 60.1 Å². The van der Waals surface area contributed by atoms with Crippen LogP contribution < -0.4 is 0 Å². The number of aryl methyl sites for hydroxylation is 1. The van der Waals surface area contributed by atoms with Crippen molar-refractivity contribution in [2.75, 3.05) is 0 Å². The number of pyridine rings is 1. The predicted molar refractivity (Wildman–Crippen MR) is 75.3 cm³/mol. The van der Waals surface area contributed by atoms with Gasteiger partial charge in [0, 0.05) is 23.5 Å². The van der Waals surface area contributed by atoms with Crippen molar-refractivity contribution in [3.63, 3.8) is 0 Å². The minimum Gasteiger partial charge on any atom is -0.433 e. The van der Waals surface area contributed by atoms with Crippen LogP contribution >= 0.6 is 0 Å². The number of carbonyl (C=O) groups is 1. The van der Waals surface area contributed by atoms with Crippen LogP contribution in [-0.4, -0.2) is 16.3 Å². The fraction of sp³-hybridized carbons (Fsp3) is 0.0625. The lowest BCUT2D eigenvalue weighted by Crippen LogP contribution is -1.85. The summed E-state index contributed by atoms with van der Waals surface area (Å²) < 4.78 is 5.54. The quantitative estimate of drug-likeness (QED) is 0.679. The largest absolute Gasteiger partial charge is 0.433 e. The Balaban J connectivity index is 2.13. The number of carbonyl (C=O) groups excluding carboxylic acids is 1. The Hall–Kier alpha value is -2.75. The van der Waals surface area contributed by atoms with Gasteiger partial charge in [0.05, 0.1) is 0 Å². The summed E-state index contributed by atoms with van der Waals surface area (Å²) in [4.78, 5) is 19.6. The summed E-state index contributed by atoms with van der Waals surface area (Å²) in [5.74, 6) is 0.661. The molecule has 0 bridgehead atoms. The number of hydrogen-bond acceptors (Lipinski definition) is 4. The first kappa shape index (κ1) is 12.3. The Morgan fingerprint density at radius 1 is 1.10 bits per heavy atom. The smallest absolute Gasteiger partial charge is 0.227 e. The summed E-state index contributed by atoms with van der Waals surface area (Å²) in [5, 5.41) is 0. The van der Waals surface area contributed by atoms with Gasteiger partial charge in [-0.1, -0.05) is 23.8 Å². The predicted octanol–water partition coefficient (Wildman–Crippen LogP) is 3.52. The molecule has 1 aromatic carbocycles. The molecule has 0 saturated carbocycles. The van der Waals surface area contributed by atoms with E-state index >= 15 is 0 Å². The van der Waals surface area contributed by atoms with E-state index in [-0.39, 0.29) is 5.76 Å². The fourth-order valence-electron chi connectivity index (χ4n) is 2.03. The third kappa shape index (κ3) is 2.23. The molecule has 0 aliphatic carbocycles. The normalized spacial score (nSPS) is 10.4. The van der Waals surface area contributed by atoms with Gasteiger partial charge in [0.25, 0.3) is 0 Å². The van der Waals surface area contributed by atoms with E-state index in [1.165, 1.54) is 0 Å². The van der Waals surface area contributed by atoms with Crippen LogP contribution in [0.5, 0.6) is 0 Å². The second-order valence-electron chi connectivity index (χ2n) is 4.46. The lowest BCUT2D eigenvalue weighted by atomic mass is 10.1. The van der Waals surface area contributed by atoms with Gasteiger partial charge in [0.1, 0.15) is 5.69 Å². The molecule has 0 amide bonds. The van der Waals surface area contributed by atoms with Crippen LogP contribution in [0, 0.1) is 6.92 Å². The number of hydrogen-bond donors (Lipinski definition) is 0. The first-order valence-corrected chi connectivity index (χ1v) is 6.21. The molecule has 4 heteroatoms. The van der Waals surface area contributed by atoms with E-state index in [2.05, 4.69) is 9.97 Å². The van der Waals surface area contributed by atoms with Gasteiger partial charge in [0.15, 0.2) is 12.0 Å². The number of benzene rings is 1. The molecule has 0 aliphatic heterocycles. The molecule has 0 fully saturated rings. The zero-order valence-electron chi connectivity index (χ0n) is 10.9. The maximum atomic E-state index is 11.2. The average molecular weight is 264 g/mol. The van der Waals surface area contributed by atoms with E-state index in [9.17, 15) is 4.79 Å². The van der Waals surface area contributed by atoms with Gasteiger partial charge in [-0.15, -0.1) is 0 Å². The monoisotopic (exact) mass is 264 g/mol. The lowest BCUT2D eigenvalue weighted by molar-refractivity contribution is 0.110. The van der Waals surface area contributed by atoms with Crippen molar-refractivity contribution >= 4 is 6.29 Å². The van der Waals surface area contributed by atoms with Gasteiger partial charge in [-0.05, 0) is 25.1 Å². The second-order valence-corrected chi connectivity index (χ2v) is 4.46. The van der Waals surface area contributed by atoms with Crippen molar-refractivity contribution in [1.29, 1.82) is 0 Å². The summed E-state index contributed by atoms with van der Waals surface area (Å²) in [6.45, 7) is 1.99. The number of nitrogens with zero attached hydrogens (tertiary/aromatic N) is 2. The van der Waals surface area contributed by atoms with E-state index in [4.69, 9.17) is 4.42 Å². The highest BCUT2D eigenvalue weighted by Crippen LogP contribution is 2.28. The standard InChI is InChI=1S/C16H12N2O2/c1-11-3-2-4-13(9-11)15-14(10-19)20-16(18-15)12-5-7-17-8-6-12/h2-10H,1H3. The van der Waals surface area contributed by atoms with Crippen molar-refractivity contribution in [1.82, 2.24) is 9.97 Å². The zero-order chi connectivity index (χ0) is 13.9. The summed E-state index contributed by atoms with van der Waals surface area (Å²) in [7, 11) is 0. The molecular weight excluding hydrogens is 252 g/mol. The summed E-state index contributed by atoms with van der Waals surface area (Å²) in [5.41, 5.74) is 3.33. The molecule has 2 aromatic heterocycles. The molecule has 0 atom stereocenters. The van der Waals surface area contributed by atoms with Gasteiger partial charge in [0.2, 0.25) is 5.89 Å². The zero-order valence-corrected chi connectivity index (χ0v) is 10.9. The van der Waals surface area contributed by atoms with Crippen molar-refractivity contribution in [2.45, 2.75) is 6.92 Å². The van der Waals surface area contributed by atoms with Crippen LogP contribution in [0.4, 0.5) is 0 Å². The molecule has 0 aliphatic rings. The SMILES string of the molecule is Cc1cccc(-c2nc(-c3ccncc3)oc2C=O)c1. The van der Waals surface area contributed by atoms with Crippen LogP contribution in [0.2, 0.25) is 0 Å². The molecule has 3 rings (SSSR count). The molecule has 3 aromatic rings. The molecule has 0 unspecified atom stereocenters. The number of oxazole rings is 1. The summed E-state index contributed by atoms with van der Waals surface area (Å²) >= 11 is 0. The average Bonchev–Trinajstić information content (AvgIpc) is 2.92. The van der Waals surface area contributed by atoms with Crippen LogP contribution in [0.25, 0.3) is 22.7 Å². The van der Waals surface area contributed by atoms with Gasteiger partial charge in [-0.2, -0.15) is 0 Å². The number of aldehydes is 1. The number of aromatic nitrogens is 2. The Kier molecular flexibility index (Phi) is 3.13. The number of rotatable bonds is 3. The van der Waals surface area contributed by atoms with Gasteiger partial charge in [-0.25, -0.2) is 4.98 Å². The highest BCUT2D eigenvalue weighted by Gasteiger charge is 2.15. The fourth-order valence-corrected chi connectivity index (χ4v) is 2.03. The molecule has 98 valence electrons. The lowest BCUT2D eigenvalue weighted by Gasteiger charge is -1.98. The molecule has 0 N–H and O–H groups in total. The minimum absolute atomic E-state index is 0.238. The van der Waals surface area contributed by atoms with Crippen LogP contribution in [-0.2, 0) is 0 Å². The highest BCUT2D eigenvalue weighted by molar-refractivity contribution is 5.83. The van der Waals surface area contributed by atoms with Gasteiger partial charge >= 0.3 is 0 Å². The summed E-state index contributed by atoms with van der Waals surface area (Å²) in [6.07, 6.45) is 4.01. The first-order chi connectivity index (χ1) is 9.78. The molecule has 0 saturated heterocycles. The third-order valence-electron chi connectivity index (χ3n) is 2.98. The molecule has 4 nitrogen and oxygen atoms in total. The van der Waals surface area contributed by atoms with E-state index in [0.29, 0.717) is 17.9 Å². The Labute approximate surface area is 116 Å².